The maximum Gasteiger partial charge on any atom is 0.219 e. The average Bonchev–Trinajstić information content (AvgIpc) is 2.66. The van der Waals surface area contributed by atoms with E-state index in [1.807, 2.05) is 12.1 Å². The number of aromatic nitrogens is 2. The molecular weight excluding hydrogens is 323 g/mol. The largest absolute Gasteiger partial charge is 0.236 e. The van der Waals surface area contributed by atoms with Gasteiger partial charge in [-0.2, -0.15) is 9.37 Å². The quantitative estimate of drug-likeness (QED) is 0.305. The minimum atomic E-state index is -0.365. The smallest absolute Gasteiger partial charge is 0.219 e. The Labute approximate surface area is 158 Å². The predicted molar refractivity (Wildman–Crippen MR) is 108 cm³/mol. The molecule has 0 atom stereocenters. The maximum absolute atomic E-state index is 14.3. The van der Waals surface area contributed by atoms with Crippen molar-refractivity contribution in [3.8, 4) is 11.4 Å². The molecule has 0 saturated heterocycles. The molecule has 1 heterocycles. The highest BCUT2D eigenvalue weighted by Crippen LogP contribution is 2.19. The summed E-state index contributed by atoms with van der Waals surface area (Å²) in [6.45, 7) is 4.43. The summed E-state index contributed by atoms with van der Waals surface area (Å²) in [6, 6.07) is 8.22. The van der Waals surface area contributed by atoms with Gasteiger partial charge in [0.2, 0.25) is 5.95 Å². The fourth-order valence-corrected chi connectivity index (χ4v) is 3.19. The predicted octanol–water partition coefficient (Wildman–Crippen LogP) is 6.92. The molecule has 0 amide bonds. The molecule has 0 aliphatic carbocycles. The lowest BCUT2D eigenvalue weighted by atomic mass is 10.0. The van der Waals surface area contributed by atoms with Gasteiger partial charge in [0.1, 0.15) is 0 Å². The van der Waals surface area contributed by atoms with Crippen LogP contribution in [0.5, 0.6) is 0 Å². The summed E-state index contributed by atoms with van der Waals surface area (Å²) < 4.78 is 14.3. The molecule has 3 heteroatoms. The van der Waals surface area contributed by atoms with Crippen molar-refractivity contribution in [3.63, 3.8) is 0 Å². The Bertz CT molecular complexity index is 637. The molecule has 0 N–H and O–H groups in total. The van der Waals surface area contributed by atoms with Crippen molar-refractivity contribution in [2.75, 3.05) is 0 Å². The highest BCUT2D eigenvalue weighted by atomic mass is 19.1. The summed E-state index contributed by atoms with van der Waals surface area (Å²) in [7, 11) is 0. The van der Waals surface area contributed by atoms with Gasteiger partial charge in [0.05, 0.1) is 0 Å². The second-order valence-corrected chi connectivity index (χ2v) is 7.18. The third kappa shape index (κ3) is 6.86. The average molecular weight is 357 g/mol. The molecule has 0 aliphatic heterocycles. The zero-order valence-electron chi connectivity index (χ0n) is 16.4. The van der Waals surface area contributed by atoms with Crippen molar-refractivity contribution in [2.24, 2.45) is 0 Å². The number of benzene rings is 1. The van der Waals surface area contributed by atoms with Crippen LogP contribution in [0.25, 0.3) is 11.4 Å². The van der Waals surface area contributed by atoms with Crippen LogP contribution in [-0.2, 0) is 12.8 Å². The van der Waals surface area contributed by atoms with Crippen molar-refractivity contribution in [3.05, 3.63) is 47.5 Å². The molecule has 1 aromatic carbocycles. The van der Waals surface area contributed by atoms with Crippen LogP contribution in [0.2, 0.25) is 0 Å². The van der Waals surface area contributed by atoms with Crippen LogP contribution < -0.4 is 0 Å². The van der Waals surface area contributed by atoms with Gasteiger partial charge in [-0.25, -0.2) is 4.98 Å². The number of rotatable bonds is 12. The van der Waals surface area contributed by atoms with Gasteiger partial charge in [-0.15, -0.1) is 0 Å². The van der Waals surface area contributed by atoms with E-state index < -0.39 is 0 Å². The van der Waals surface area contributed by atoms with Crippen LogP contribution in [0.15, 0.2) is 30.5 Å². The summed E-state index contributed by atoms with van der Waals surface area (Å²) in [6.07, 6.45) is 14.4. The molecule has 2 rings (SSSR count). The first-order valence-electron chi connectivity index (χ1n) is 10.3. The summed E-state index contributed by atoms with van der Waals surface area (Å²) in [4.78, 5) is 8.49. The summed E-state index contributed by atoms with van der Waals surface area (Å²) in [5.41, 5.74) is 2.84. The van der Waals surface area contributed by atoms with Gasteiger partial charge >= 0.3 is 0 Å². The molecule has 0 spiro atoms. The lowest BCUT2D eigenvalue weighted by Crippen LogP contribution is -1.99. The molecule has 0 radical (unpaired) electrons. The Morgan fingerprint density at radius 2 is 1.38 bits per heavy atom. The molecule has 2 nitrogen and oxygen atoms in total. The normalized spacial score (nSPS) is 11.0. The molecule has 0 bridgehead atoms. The summed E-state index contributed by atoms with van der Waals surface area (Å²) in [5, 5.41) is 0. The first kappa shape index (κ1) is 20.5. The SMILES string of the molecule is CCCCCCCCc1cnc(-c2ccc(CCCCC)cc2)nc1F. The van der Waals surface area contributed by atoms with Gasteiger partial charge < -0.3 is 0 Å². The minimum absolute atomic E-state index is 0.365. The number of aryl methyl sites for hydroxylation is 2. The molecule has 0 unspecified atom stereocenters. The van der Waals surface area contributed by atoms with Crippen molar-refractivity contribution in [1.82, 2.24) is 9.97 Å². The summed E-state index contributed by atoms with van der Waals surface area (Å²) in [5.74, 6) is 0.116. The zero-order valence-corrected chi connectivity index (χ0v) is 16.4. The van der Waals surface area contributed by atoms with Crippen LogP contribution in [0.1, 0.15) is 82.8 Å². The topological polar surface area (TPSA) is 25.8 Å². The Kier molecular flexibility index (Phi) is 9.30. The van der Waals surface area contributed by atoms with Gasteiger partial charge in [-0.3, -0.25) is 0 Å². The second kappa shape index (κ2) is 11.8. The molecule has 142 valence electrons. The zero-order chi connectivity index (χ0) is 18.6. The molecule has 26 heavy (non-hydrogen) atoms. The standard InChI is InChI=1S/C23H33FN2/c1-3-5-7-8-9-11-13-21-18-25-23(26-22(21)24)20-16-14-19(15-17-20)12-10-6-4-2/h14-18H,3-13H2,1-2H3. The highest BCUT2D eigenvalue weighted by molar-refractivity contribution is 5.55. The van der Waals surface area contributed by atoms with E-state index in [1.54, 1.807) is 6.20 Å². The van der Waals surface area contributed by atoms with Gasteiger partial charge in [0.25, 0.3) is 0 Å². The van der Waals surface area contributed by atoms with Crippen LogP contribution in [0.4, 0.5) is 4.39 Å². The fourth-order valence-electron chi connectivity index (χ4n) is 3.19. The van der Waals surface area contributed by atoms with Gasteiger partial charge in [-0.1, -0.05) is 83.1 Å². The molecule has 0 aliphatic rings. The number of hydrogen-bond donors (Lipinski definition) is 0. The Balaban J connectivity index is 1.87. The second-order valence-electron chi connectivity index (χ2n) is 7.18. The van der Waals surface area contributed by atoms with E-state index in [-0.39, 0.29) is 5.95 Å². The molecular formula is C23H33FN2. The first-order valence-corrected chi connectivity index (χ1v) is 10.3. The number of nitrogens with zero attached hydrogens (tertiary/aromatic N) is 2. The van der Waals surface area contributed by atoms with E-state index >= 15 is 0 Å². The fraction of sp³-hybridized carbons (Fsp3) is 0.565. The van der Waals surface area contributed by atoms with Crippen molar-refractivity contribution in [1.29, 1.82) is 0 Å². The third-order valence-electron chi connectivity index (χ3n) is 4.89. The third-order valence-corrected chi connectivity index (χ3v) is 4.89. The van der Waals surface area contributed by atoms with Crippen LogP contribution in [-0.4, -0.2) is 9.97 Å². The van der Waals surface area contributed by atoms with Gasteiger partial charge in [0, 0.05) is 17.3 Å². The molecule has 2 aromatic rings. The van der Waals surface area contributed by atoms with E-state index in [0.717, 1.165) is 31.2 Å². The lowest BCUT2D eigenvalue weighted by Gasteiger charge is -2.06. The first-order chi connectivity index (χ1) is 12.7. The maximum atomic E-state index is 14.3. The Morgan fingerprint density at radius 3 is 2.08 bits per heavy atom. The van der Waals surface area contributed by atoms with Crippen LogP contribution in [0, 0.1) is 5.95 Å². The van der Waals surface area contributed by atoms with E-state index in [1.165, 1.54) is 50.5 Å². The molecule has 1 aromatic heterocycles. The van der Waals surface area contributed by atoms with E-state index in [9.17, 15) is 4.39 Å². The van der Waals surface area contributed by atoms with E-state index in [0.29, 0.717) is 11.4 Å². The lowest BCUT2D eigenvalue weighted by molar-refractivity contribution is 0.549. The van der Waals surface area contributed by atoms with E-state index in [4.69, 9.17) is 0 Å². The Morgan fingerprint density at radius 1 is 0.769 bits per heavy atom. The summed E-state index contributed by atoms with van der Waals surface area (Å²) >= 11 is 0. The molecule has 0 saturated carbocycles. The molecule has 0 fully saturated rings. The number of hydrogen-bond acceptors (Lipinski definition) is 2. The van der Waals surface area contributed by atoms with Crippen molar-refractivity contribution in [2.45, 2.75) is 84.5 Å². The van der Waals surface area contributed by atoms with E-state index in [2.05, 4.69) is 35.9 Å². The number of unbranched alkanes of at least 4 members (excludes halogenated alkanes) is 7. The van der Waals surface area contributed by atoms with Crippen molar-refractivity contribution < 1.29 is 4.39 Å². The Hall–Kier alpha value is -1.77. The monoisotopic (exact) mass is 356 g/mol. The van der Waals surface area contributed by atoms with Crippen molar-refractivity contribution >= 4 is 0 Å². The van der Waals surface area contributed by atoms with Crippen LogP contribution >= 0.6 is 0 Å². The minimum Gasteiger partial charge on any atom is -0.236 e. The van der Waals surface area contributed by atoms with Crippen LogP contribution in [0.3, 0.4) is 0 Å². The van der Waals surface area contributed by atoms with Gasteiger partial charge in [0.15, 0.2) is 5.82 Å². The highest BCUT2D eigenvalue weighted by Gasteiger charge is 2.08. The van der Waals surface area contributed by atoms with Gasteiger partial charge in [-0.05, 0) is 31.2 Å². The number of halogens is 1.